The van der Waals surface area contributed by atoms with E-state index >= 15 is 0 Å². The minimum absolute atomic E-state index is 0.414. The summed E-state index contributed by atoms with van der Waals surface area (Å²) in [6, 6.07) is 11.4. The molecule has 0 bridgehead atoms. The molecule has 0 spiro atoms. The van der Waals surface area contributed by atoms with E-state index in [1.165, 1.54) is 0 Å². The molecule has 0 aliphatic rings. The summed E-state index contributed by atoms with van der Waals surface area (Å²) in [4.78, 5) is 0. The van der Waals surface area contributed by atoms with Gasteiger partial charge < -0.3 is 10.2 Å². The summed E-state index contributed by atoms with van der Waals surface area (Å²) >= 11 is 0. The van der Waals surface area contributed by atoms with E-state index in [0.29, 0.717) is 11.5 Å². The van der Waals surface area contributed by atoms with E-state index < -0.39 is 0 Å². The minimum Gasteiger partial charge on any atom is -0.507 e. The Bertz CT molecular complexity index is 441. The Balaban J connectivity index is 0.000000180. The van der Waals surface area contributed by atoms with Gasteiger partial charge in [0.1, 0.15) is 11.5 Å². The second kappa shape index (κ2) is 6.10. The van der Waals surface area contributed by atoms with Crippen molar-refractivity contribution in [2.45, 2.75) is 27.7 Å². The van der Waals surface area contributed by atoms with Gasteiger partial charge in [0.05, 0.1) is 0 Å². The van der Waals surface area contributed by atoms with Gasteiger partial charge in [0.25, 0.3) is 0 Å². The van der Waals surface area contributed by atoms with Crippen LogP contribution in [0, 0.1) is 27.7 Å². The summed E-state index contributed by atoms with van der Waals surface area (Å²) in [5.74, 6) is 0.829. The van der Waals surface area contributed by atoms with E-state index in [9.17, 15) is 10.2 Å². The molecular formula is C16H20O2. The molecule has 0 aliphatic heterocycles. The molecule has 0 saturated carbocycles. The van der Waals surface area contributed by atoms with Crippen LogP contribution in [0.4, 0.5) is 0 Å². The molecular weight excluding hydrogens is 224 g/mol. The highest BCUT2D eigenvalue weighted by molar-refractivity contribution is 5.38. The molecule has 2 rings (SSSR count). The van der Waals surface area contributed by atoms with Gasteiger partial charge in [-0.2, -0.15) is 0 Å². The van der Waals surface area contributed by atoms with Gasteiger partial charge in [-0.1, -0.05) is 36.4 Å². The average Bonchev–Trinajstić information content (AvgIpc) is 2.34. The van der Waals surface area contributed by atoms with Gasteiger partial charge in [-0.25, -0.2) is 0 Å². The predicted octanol–water partition coefficient (Wildman–Crippen LogP) is 4.02. The molecule has 2 aromatic carbocycles. The van der Waals surface area contributed by atoms with Crippen molar-refractivity contribution < 1.29 is 10.2 Å². The van der Waals surface area contributed by atoms with E-state index in [4.69, 9.17) is 0 Å². The van der Waals surface area contributed by atoms with Crippen LogP contribution >= 0.6 is 0 Å². The van der Waals surface area contributed by atoms with Crippen molar-refractivity contribution in [3.8, 4) is 11.5 Å². The van der Waals surface area contributed by atoms with E-state index in [1.807, 2.05) is 64.1 Å². The Kier molecular flexibility index (Phi) is 4.78. The summed E-state index contributed by atoms with van der Waals surface area (Å²) in [7, 11) is 0. The molecule has 96 valence electrons. The number of rotatable bonds is 0. The van der Waals surface area contributed by atoms with Gasteiger partial charge >= 0.3 is 0 Å². The van der Waals surface area contributed by atoms with Crippen molar-refractivity contribution in [3.63, 3.8) is 0 Å². The summed E-state index contributed by atoms with van der Waals surface area (Å²) < 4.78 is 0. The maximum atomic E-state index is 9.21. The lowest BCUT2D eigenvalue weighted by molar-refractivity contribution is 0.466. The maximum Gasteiger partial charge on any atom is 0.121 e. The molecule has 0 radical (unpaired) electrons. The van der Waals surface area contributed by atoms with Gasteiger partial charge in [-0.15, -0.1) is 0 Å². The molecule has 0 aliphatic carbocycles. The smallest absolute Gasteiger partial charge is 0.121 e. The third-order valence-electron chi connectivity index (χ3n) is 2.88. The molecule has 0 amide bonds. The molecule has 0 fully saturated rings. The zero-order chi connectivity index (χ0) is 13.7. The van der Waals surface area contributed by atoms with Crippen molar-refractivity contribution in [3.05, 3.63) is 58.7 Å². The Morgan fingerprint density at radius 1 is 0.556 bits per heavy atom. The fraction of sp³-hybridized carbons (Fsp3) is 0.250. The maximum absolute atomic E-state index is 9.21. The predicted molar refractivity (Wildman–Crippen MR) is 75.2 cm³/mol. The van der Waals surface area contributed by atoms with Crippen LogP contribution in [0.3, 0.4) is 0 Å². The van der Waals surface area contributed by atoms with E-state index in [0.717, 1.165) is 22.3 Å². The number of para-hydroxylation sites is 2. The minimum atomic E-state index is 0.414. The third-order valence-corrected chi connectivity index (χ3v) is 2.88. The molecule has 18 heavy (non-hydrogen) atoms. The first kappa shape index (κ1) is 14.1. The Morgan fingerprint density at radius 3 is 0.944 bits per heavy atom. The Morgan fingerprint density at radius 2 is 0.778 bits per heavy atom. The summed E-state index contributed by atoms with van der Waals surface area (Å²) in [5, 5.41) is 18.4. The second-order valence-corrected chi connectivity index (χ2v) is 4.48. The van der Waals surface area contributed by atoms with E-state index in [-0.39, 0.29) is 0 Å². The Labute approximate surface area is 109 Å². The summed E-state index contributed by atoms with van der Waals surface area (Å²) in [5.41, 5.74) is 3.76. The largest absolute Gasteiger partial charge is 0.507 e. The molecule has 2 aromatic rings. The molecule has 0 unspecified atom stereocenters. The number of hydrogen-bond donors (Lipinski definition) is 2. The first-order valence-electron chi connectivity index (χ1n) is 5.94. The van der Waals surface area contributed by atoms with Gasteiger partial charge in [0, 0.05) is 0 Å². The van der Waals surface area contributed by atoms with Crippen LogP contribution in [0.15, 0.2) is 36.4 Å². The van der Waals surface area contributed by atoms with Crippen LogP contribution in [-0.2, 0) is 0 Å². The highest BCUT2D eigenvalue weighted by Crippen LogP contribution is 2.19. The first-order valence-corrected chi connectivity index (χ1v) is 5.94. The van der Waals surface area contributed by atoms with Crippen LogP contribution in [0.5, 0.6) is 11.5 Å². The standard InChI is InChI=1S/2C8H10O/c2*1-6-4-3-5-7(2)8(6)9/h2*3-5,9H,1-2H3. The van der Waals surface area contributed by atoms with Gasteiger partial charge in [-0.05, 0) is 49.9 Å². The van der Waals surface area contributed by atoms with Crippen molar-refractivity contribution in [2.75, 3.05) is 0 Å². The lowest BCUT2D eigenvalue weighted by Crippen LogP contribution is -1.76. The van der Waals surface area contributed by atoms with Crippen molar-refractivity contribution >= 4 is 0 Å². The SMILES string of the molecule is Cc1cccc(C)c1O.Cc1cccc(C)c1O. The lowest BCUT2D eigenvalue weighted by atomic mass is 10.1. The normalized spacial score (nSPS) is 9.56. The third kappa shape index (κ3) is 3.52. The number of hydrogen-bond acceptors (Lipinski definition) is 2. The molecule has 0 heterocycles. The lowest BCUT2D eigenvalue weighted by Gasteiger charge is -1.99. The number of benzene rings is 2. The highest BCUT2D eigenvalue weighted by Gasteiger charge is 1.95. The fourth-order valence-corrected chi connectivity index (χ4v) is 1.61. The van der Waals surface area contributed by atoms with Crippen LogP contribution in [0.2, 0.25) is 0 Å². The average molecular weight is 244 g/mol. The first-order chi connectivity index (χ1) is 8.43. The fourth-order valence-electron chi connectivity index (χ4n) is 1.61. The van der Waals surface area contributed by atoms with Crippen LogP contribution in [-0.4, -0.2) is 10.2 Å². The number of aryl methyl sites for hydroxylation is 4. The molecule has 2 N–H and O–H groups in total. The molecule has 0 saturated heterocycles. The van der Waals surface area contributed by atoms with Gasteiger partial charge in [0.2, 0.25) is 0 Å². The van der Waals surface area contributed by atoms with Crippen molar-refractivity contribution in [1.82, 2.24) is 0 Å². The molecule has 0 aromatic heterocycles. The molecule has 0 atom stereocenters. The van der Waals surface area contributed by atoms with Gasteiger partial charge in [-0.3, -0.25) is 0 Å². The zero-order valence-corrected chi connectivity index (χ0v) is 11.4. The molecule has 2 nitrogen and oxygen atoms in total. The Hall–Kier alpha value is -1.96. The topological polar surface area (TPSA) is 40.5 Å². The summed E-state index contributed by atoms with van der Waals surface area (Å²) in [6.45, 7) is 7.56. The van der Waals surface area contributed by atoms with Crippen LogP contribution < -0.4 is 0 Å². The number of phenols is 2. The highest BCUT2D eigenvalue weighted by atomic mass is 16.3. The second-order valence-electron chi connectivity index (χ2n) is 4.48. The number of phenolic OH excluding ortho intramolecular Hbond substituents is 2. The summed E-state index contributed by atoms with van der Waals surface area (Å²) in [6.07, 6.45) is 0. The van der Waals surface area contributed by atoms with E-state index in [2.05, 4.69) is 0 Å². The molecule has 2 heteroatoms. The van der Waals surface area contributed by atoms with Gasteiger partial charge in [0.15, 0.2) is 0 Å². The van der Waals surface area contributed by atoms with Crippen molar-refractivity contribution in [2.24, 2.45) is 0 Å². The monoisotopic (exact) mass is 244 g/mol. The van der Waals surface area contributed by atoms with Crippen LogP contribution in [0.25, 0.3) is 0 Å². The zero-order valence-electron chi connectivity index (χ0n) is 11.4. The van der Waals surface area contributed by atoms with E-state index in [1.54, 1.807) is 0 Å². The number of aromatic hydroxyl groups is 2. The van der Waals surface area contributed by atoms with Crippen molar-refractivity contribution in [1.29, 1.82) is 0 Å². The quantitative estimate of drug-likeness (QED) is 0.735. The van der Waals surface area contributed by atoms with Crippen LogP contribution in [0.1, 0.15) is 22.3 Å².